The quantitative estimate of drug-likeness (QED) is 0.878. The van der Waals surface area contributed by atoms with Crippen LogP contribution in [0.2, 0.25) is 5.02 Å². The van der Waals surface area contributed by atoms with Crippen LogP contribution < -0.4 is 5.32 Å². The van der Waals surface area contributed by atoms with Crippen LogP contribution in [-0.2, 0) is 7.05 Å². The van der Waals surface area contributed by atoms with E-state index in [1.807, 2.05) is 0 Å². The average molecular weight is 364 g/mol. The van der Waals surface area contributed by atoms with E-state index < -0.39 is 5.82 Å². The number of hydrogen-bond donors (Lipinski definition) is 2. The number of nitrogens with zero attached hydrogens (tertiary/aromatic N) is 2. The van der Waals surface area contributed by atoms with Gasteiger partial charge in [0.15, 0.2) is 0 Å². The standard InChI is InChI=1S/C18H19ClFN3O2/c1-23-8-21-16(10-4-9-6-15(24)12(9)5-10)17(23)18(25)22-11-2-3-14(20)13(19)7-11/h2-3,7-10,12,15,24H,4-6H2,1H3,(H,22,25)/t9-,10-,12-,15+/m0/s1. The molecule has 2 N–H and O–H groups in total. The summed E-state index contributed by atoms with van der Waals surface area (Å²) in [5, 5.41) is 12.6. The minimum Gasteiger partial charge on any atom is -0.393 e. The summed E-state index contributed by atoms with van der Waals surface area (Å²) in [6.07, 6.45) is 4.10. The fourth-order valence-electron chi connectivity index (χ4n) is 4.20. The Kier molecular flexibility index (Phi) is 4.04. The van der Waals surface area contributed by atoms with E-state index in [0.717, 1.165) is 25.0 Å². The number of imidazole rings is 1. The molecule has 0 aliphatic heterocycles. The van der Waals surface area contributed by atoms with Gasteiger partial charge in [-0.2, -0.15) is 0 Å². The fourth-order valence-corrected chi connectivity index (χ4v) is 4.38. The number of halogens is 2. The third-order valence-electron chi connectivity index (χ3n) is 5.53. The number of benzene rings is 1. The van der Waals surface area contributed by atoms with E-state index in [0.29, 0.717) is 23.2 Å². The monoisotopic (exact) mass is 363 g/mol. The van der Waals surface area contributed by atoms with Gasteiger partial charge in [0.1, 0.15) is 11.5 Å². The Bertz CT molecular complexity index is 838. The molecule has 25 heavy (non-hydrogen) atoms. The highest BCUT2D eigenvalue weighted by atomic mass is 35.5. The molecular formula is C18H19ClFN3O2. The molecule has 4 rings (SSSR count). The molecule has 7 heteroatoms. The Balaban J connectivity index is 1.57. The maximum atomic E-state index is 13.3. The minimum atomic E-state index is -0.527. The van der Waals surface area contributed by atoms with Gasteiger partial charge in [0.25, 0.3) is 5.91 Å². The second-order valence-corrected chi connectivity index (χ2v) is 7.47. The van der Waals surface area contributed by atoms with E-state index in [-0.39, 0.29) is 23.0 Å². The number of nitrogens with one attached hydrogen (secondary N) is 1. The molecule has 0 bridgehead atoms. The molecule has 0 spiro atoms. The number of aliphatic hydroxyl groups excluding tert-OH is 1. The summed E-state index contributed by atoms with van der Waals surface area (Å²) in [5.41, 5.74) is 1.71. The molecule has 1 amide bonds. The van der Waals surface area contributed by atoms with Crippen LogP contribution in [0.3, 0.4) is 0 Å². The Morgan fingerprint density at radius 3 is 2.88 bits per heavy atom. The molecule has 2 aliphatic rings. The van der Waals surface area contributed by atoms with Gasteiger partial charge >= 0.3 is 0 Å². The number of aryl methyl sites for hydroxylation is 1. The summed E-state index contributed by atoms with van der Waals surface area (Å²) in [5.74, 6) is 0.233. The summed E-state index contributed by atoms with van der Waals surface area (Å²) in [6.45, 7) is 0. The zero-order valence-electron chi connectivity index (χ0n) is 13.7. The summed E-state index contributed by atoms with van der Waals surface area (Å²) in [4.78, 5) is 17.2. The Hall–Kier alpha value is -1.92. The van der Waals surface area contributed by atoms with Crippen molar-refractivity contribution in [2.75, 3.05) is 5.32 Å². The van der Waals surface area contributed by atoms with Crippen LogP contribution in [0.5, 0.6) is 0 Å². The third kappa shape index (κ3) is 2.83. The number of aliphatic hydroxyl groups is 1. The lowest BCUT2D eigenvalue weighted by molar-refractivity contribution is -0.0145. The van der Waals surface area contributed by atoms with Crippen molar-refractivity contribution in [3.63, 3.8) is 0 Å². The SMILES string of the molecule is Cn1cnc([C@H]2C[C@H]3C[C@@H](O)[C@H]3C2)c1C(=O)Nc1ccc(F)c(Cl)c1. The first-order chi connectivity index (χ1) is 11.9. The highest BCUT2D eigenvalue weighted by molar-refractivity contribution is 6.31. The number of fused-ring (bicyclic) bond motifs is 1. The zero-order chi connectivity index (χ0) is 17.7. The molecule has 132 valence electrons. The van der Waals surface area contributed by atoms with Crippen molar-refractivity contribution in [3.8, 4) is 0 Å². The van der Waals surface area contributed by atoms with Crippen LogP contribution in [0, 0.1) is 17.7 Å². The number of anilines is 1. The van der Waals surface area contributed by atoms with Gasteiger partial charge in [-0.1, -0.05) is 11.6 Å². The molecule has 2 fully saturated rings. The van der Waals surface area contributed by atoms with Crippen molar-refractivity contribution >= 4 is 23.2 Å². The number of hydrogen-bond acceptors (Lipinski definition) is 3. The topological polar surface area (TPSA) is 67.1 Å². The maximum Gasteiger partial charge on any atom is 0.274 e. The van der Waals surface area contributed by atoms with Crippen LogP contribution >= 0.6 is 11.6 Å². The van der Waals surface area contributed by atoms with Crippen LogP contribution in [0.4, 0.5) is 10.1 Å². The predicted molar refractivity (Wildman–Crippen MR) is 92.2 cm³/mol. The lowest BCUT2D eigenvalue weighted by Gasteiger charge is -2.36. The van der Waals surface area contributed by atoms with E-state index in [9.17, 15) is 14.3 Å². The van der Waals surface area contributed by atoms with E-state index in [4.69, 9.17) is 11.6 Å². The highest BCUT2D eigenvalue weighted by Gasteiger charge is 2.48. The molecule has 0 saturated heterocycles. The smallest absolute Gasteiger partial charge is 0.274 e. The van der Waals surface area contributed by atoms with Gasteiger partial charge in [0, 0.05) is 18.7 Å². The van der Waals surface area contributed by atoms with Crippen molar-refractivity contribution in [2.24, 2.45) is 18.9 Å². The van der Waals surface area contributed by atoms with Gasteiger partial charge in [0.2, 0.25) is 0 Å². The fraction of sp³-hybridized carbons (Fsp3) is 0.444. The molecule has 1 aromatic heterocycles. The Morgan fingerprint density at radius 1 is 1.40 bits per heavy atom. The van der Waals surface area contributed by atoms with Crippen LogP contribution in [0.1, 0.15) is 41.4 Å². The van der Waals surface area contributed by atoms with Gasteiger partial charge in [-0.15, -0.1) is 0 Å². The summed E-state index contributed by atoms with van der Waals surface area (Å²) in [6, 6.07) is 4.08. The molecule has 2 aromatic rings. The largest absolute Gasteiger partial charge is 0.393 e. The van der Waals surface area contributed by atoms with Gasteiger partial charge in [-0.05, 0) is 49.3 Å². The summed E-state index contributed by atoms with van der Waals surface area (Å²) < 4.78 is 15.0. The Labute approximate surface area is 149 Å². The molecule has 0 radical (unpaired) electrons. The normalized spacial score (nSPS) is 27.7. The maximum absolute atomic E-state index is 13.3. The van der Waals surface area contributed by atoms with Crippen molar-refractivity contribution < 1.29 is 14.3 Å². The zero-order valence-corrected chi connectivity index (χ0v) is 14.5. The lowest BCUT2D eigenvalue weighted by atomic mass is 9.74. The summed E-state index contributed by atoms with van der Waals surface area (Å²) in [7, 11) is 1.78. The predicted octanol–water partition coefficient (Wildman–Crippen LogP) is 3.34. The van der Waals surface area contributed by atoms with Crippen molar-refractivity contribution in [1.29, 1.82) is 0 Å². The summed E-state index contributed by atoms with van der Waals surface area (Å²) >= 11 is 5.77. The second kappa shape index (κ2) is 6.11. The van der Waals surface area contributed by atoms with Crippen molar-refractivity contribution in [2.45, 2.75) is 31.3 Å². The van der Waals surface area contributed by atoms with Crippen LogP contribution in [-0.4, -0.2) is 26.7 Å². The van der Waals surface area contributed by atoms with Crippen molar-refractivity contribution in [3.05, 3.63) is 46.8 Å². The second-order valence-electron chi connectivity index (χ2n) is 7.07. The average Bonchev–Trinajstić information content (AvgIpc) is 3.11. The molecule has 0 unspecified atom stereocenters. The number of carbonyl (C=O) groups excluding carboxylic acids is 1. The van der Waals surface area contributed by atoms with Gasteiger partial charge in [-0.25, -0.2) is 9.37 Å². The van der Waals surface area contributed by atoms with Gasteiger partial charge in [-0.3, -0.25) is 4.79 Å². The van der Waals surface area contributed by atoms with E-state index in [2.05, 4.69) is 10.3 Å². The van der Waals surface area contributed by atoms with Gasteiger partial charge < -0.3 is 15.0 Å². The first kappa shape index (κ1) is 16.5. The molecular weight excluding hydrogens is 345 g/mol. The molecule has 4 atom stereocenters. The first-order valence-corrected chi connectivity index (χ1v) is 8.77. The minimum absolute atomic E-state index is 0.0376. The molecule has 2 aliphatic carbocycles. The van der Waals surface area contributed by atoms with E-state index in [1.54, 1.807) is 17.9 Å². The molecule has 5 nitrogen and oxygen atoms in total. The van der Waals surface area contributed by atoms with Crippen LogP contribution in [0.15, 0.2) is 24.5 Å². The number of aromatic nitrogens is 2. The molecule has 1 aromatic carbocycles. The highest BCUT2D eigenvalue weighted by Crippen LogP contribution is 2.53. The molecule has 2 saturated carbocycles. The van der Waals surface area contributed by atoms with E-state index in [1.165, 1.54) is 18.2 Å². The third-order valence-corrected chi connectivity index (χ3v) is 5.82. The number of amides is 1. The van der Waals surface area contributed by atoms with Crippen molar-refractivity contribution in [1.82, 2.24) is 9.55 Å². The lowest BCUT2D eigenvalue weighted by Crippen LogP contribution is -2.37. The number of rotatable bonds is 3. The molecule has 1 heterocycles. The van der Waals surface area contributed by atoms with E-state index >= 15 is 0 Å². The van der Waals surface area contributed by atoms with Gasteiger partial charge in [0.05, 0.1) is 23.1 Å². The Morgan fingerprint density at radius 2 is 2.20 bits per heavy atom. The first-order valence-electron chi connectivity index (χ1n) is 8.39. The van der Waals surface area contributed by atoms with Crippen LogP contribution in [0.25, 0.3) is 0 Å². The number of carbonyl (C=O) groups is 1.